The number of carbonyl (C=O) groups is 2. The van der Waals surface area contributed by atoms with E-state index < -0.39 is 25.1 Å². The maximum Gasteiger partial charge on any atom is 0.278 e. The van der Waals surface area contributed by atoms with E-state index >= 15 is 0 Å². The molecule has 4 saturated carbocycles. The third kappa shape index (κ3) is 9.70. The van der Waals surface area contributed by atoms with E-state index in [-0.39, 0.29) is 42.2 Å². The standard InChI is InChI=1S/C15H27N2O3P.C11H16N3O5P/c1-21(2,20)10-16-9-17(19)14(18)15-6-11-3-12(7-15)5-13(4-11)8-15;1-20(2,19)8-12-7-13(16)11(15)9-3-5-10(6-4-9)14(17)18/h11-13,16,19H,3-10H2,1-2H3;3-6,12,16H,7-8H2,1-2H3. The van der Waals surface area contributed by atoms with E-state index in [0.717, 1.165) is 24.3 Å². The number of hydrogen-bond acceptors (Lipinski definition) is 10. The van der Waals surface area contributed by atoms with E-state index in [0.29, 0.717) is 29.1 Å². The summed E-state index contributed by atoms with van der Waals surface area (Å²) in [5, 5.41) is 37.0. The lowest BCUT2D eigenvalue weighted by Gasteiger charge is -2.56. The SMILES string of the molecule is CP(C)(=O)CNCN(O)C(=O)C12CC3CC(CC(C3)C1)C2.CP(C)(=O)CNCN(O)C(=O)c1ccc([N+](=O)[O-])cc1. The average Bonchev–Trinajstić information content (AvgIpc) is 2.85. The van der Waals surface area contributed by atoms with E-state index in [1.807, 2.05) is 0 Å². The van der Waals surface area contributed by atoms with Crippen molar-refractivity contribution in [2.75, 3.05) is 52.6 Å². The topological polar surface area (TPSA) is 182 Å². The number of carbonyl (C=O) groups excluding carboxylic acids is 2. The van der Waals surface area contributed by atoms with Gasteiger partial charge in [0, 0.05) is 17.7 Å². The molecule has 0 aromatic heterocycles. The second-order valence-corrected chi connectivity index (χ2v) is 19.6. The Morgan fingerprint density at radius 2 is 1.29 bits per heavy atom. The smallest absolute Gasteiger partial charge is 0.278 e. The highest BCUT2D eigenvalue weighted by Gasteiger charge is 2.55. The van der Waals surface area contributed by atoms with Gasteiger partial charge < -0.3 is 9.13 Å². The zero-order chi connectivity index (χ0) is 30.6. The number of hydroxylamine groups is 4. The molecule has 0 radical (unpaired) electrons. The lowest BCUT2D eigenvalue weighted by atomic mass is 9.49. The fraction of sp³-hybridized carbons (Fsp3) is 0.692. The monoisotopic (exact) mass is 615 g/mol. The van der Waals surface area contributed by atoms with E-state index in [9.17, 15) is 39.2 Å². The molecule has 4 bridgehead atoms. The van der Waals surface area contributed by atoms with Gasteiger partial charge in [-0.1, -0.05) is 0 Å². The normalized spacial score (nSPS) is 24.8. The third-order valence-electron chi connectivity index (χ3n) is 7.79. The van der Waals surface area contributed by atoms with Gasteiger partial charge in [0.05, 0.1) is 50.5 Å². The van der Waals surface area contributed by atoms with Gasteiger partial charge in [-0.2, -0.15) is 0 Å². The van der Waals surface area contributed by atoms with Crippen molar-refractivity contribution in [3.8, 4) is 0 Å². The van der Waals surface area contributed by atoms with Crippen LogP contribution in [0, 0.1) is 33.3 Å². The maximum atomic E-state index is 12.7. The number of nitro groups is 1. The number of nitrogens with zero attached hydrogens (tertiary/aromatic N) is 3. The van der Waals surface area contributed by atoms with Gasteiger partial charge in [0.2, 0.25) is 0 Å². The Morgan fingerprint density at radius 3 is 1.68 bits per heavy atom. The molecule has 0 spiro atoms. The van der Waals surface area contributed by atoms with Crippen molar-refractivity contribution >= 4 is 31.8 Å². The summed E-state index contributed by atoms with van der Waals surface area (Å²) >= 11 is 0. The van der Waals surface area contributed by atoms with Crippen LogP contribution in [0.3, 0.4) is 0 Å². The average molecular weight is 616 g/mol. The van der Waals surface area contributed by atoms with Gasteiger partial charge in [-0.15, -0.1) is 0 Å². The summed E-state index contributed by atoms with van der Waals surface area (Å²) in [6.07, 6.45) is 7.25. The zero-order valence-corrected chi connectivity index (χ0v) is 26.0. The molecule has 4 N–H and O–H groups in total. The van der Waals surface area contributed by atoms with Crippen LogP contribution in [0.2, 0.25) is 0 Å². The minimum Gasteiger partial charge on any atom is -0.323 e. The minimum atomic E-state index is -2.28. The largest absolute Gasteiger partial charge is 0.323 e. The molecule has 0 unspecified atom stereocenters. The molecular formula is C26H43N5O8P2. The number of benzene rings is 1. The predicted octanol–water partition coefficient (Wildman–Crippen LogP) is 4.10. The number of nitrogens with one attached hydrogen (secondary N) is 2. The minimum absolute atomic E-state index is 0.0756. The van der Waals surface area contributed by atoms with Crippen molar-refractivity contribution in [1.29, 1.82) is 0 Å². The Labute approximate surface area is 240 Å². The highest BCUT2D eigenvalue weighted by atomic mass is 31.2. The lowest BCUT2D eigenvalue weighted by Crippen LogP contribution is -2.55. The van der Waals surface area contributed by atoms with Crippen LogP contribution in [0.5, 0.6) is 0 Å². The van der Waals surface area contributed by atoms with Crippen LogP contribution >= 0.6 is 14.3 Å². The van der Waals surface area contributed by atoms with Crippen LogP contribution in [-0.4, -0.2) is 89.8 Å². The van der Waals surface area contributed by atoms with Crippen LogP contribution in [0.25, 0.3) is 0 Å². The van der Waals surface area contributed by atoms with Crippen molar-refractivity contribution in [3.05, 3.63) is 39.9 Å². The molecule has 1 aromatic carbocycles. The molecule has 230 valence electrons. The molecule has 15 heteroatoms. The van der Waals surface area contributed by atoms with Crippen LogP contribution in [0.1, 0.15) is 48.9 Å². The van der Waals surface area contributed by atoms with E-state index in [1.165, 1.54) is 43.5 Å². The van der Waals surface area contributed by atoms with Gasteiger partial charge in [0.25, 0.3) is 17.5 Å². The number of non-ortho nitro benzene ring substituents is 1. The van der Waals surface area contributed by atoms with Crippen molar-refractivity contribution in [3.63, 3.8) is 0 Å². The Bertz CT molecular complexity index is 1160. The zero-order valence-electron chi connectivity index (χ0n) is 24.2. The number of amides is 2. The fourth-order valence-electron chi connectivity index (χ4n) is 6.52. The number of nitro benzene ring substituents is 1. The van der Waals surface area contributed by atoms with E-state index in [4.69, 9.17) is 0 Å². The third-order valence-corrected chi connectivity index (χ3v) is 9.76. The van der Waals surface area contributed by atoms with Gasteiger partial charge in [-0.05, 0) is 95.1 Å². The Kier molecular flexibility index (Phi) is 10.9. The van der Waals surface area contributed by atoms with E-state index in [1.54, 1.807) is 26.7 Å². The van der Waals surface area contributed by atoms with Crippen molar-refractivity contribution < 1.29 is 34.1 Å². The molecule has 4 fully saturated rings. The molecular weight excluding hydrogens is 572 g/mol. The Balaban J connectivity index is 0.000000226. The molecule has 4 aliphatic carbocycles. The summed E-state index contributed by atoms with van der Waals surface area (Å²) in [5.41, 5.74) is -0.328. The molecule has 0 atom stereocenters. The summed E-state index contributed by atoms with van der Waals surface area (Å²) < 4.78 is 23.1. The summed E-state index contributed by atoms with van der Waals surface area (Å²) in [4.78, 5) is 34.4. The highest BCUT2D eigenvalue weighted by Crippen LogP contribution is 2.60. The summed E-state index contributed by atoms with van der Waals surface area (Å²) in [6.45, 7) is 6.46. The first-order valence-corrected chi connectivity index (χ1v) is 19.3. The van der Waals surface area contributed by atoms with Crippen molar-refractivity contribution in [2.24, 2.45) is 23.2 Å². The summed E-state index contributed by atoms with van der Waals surface area (Å²) in [5.74, 6) is 1.25. The molecule has 13 nitrogen and oxygen atoms in total. The number of hydrogen-bond donors (Lipinski definition) is 4. The van der Waals surface area contributed by atoms with Gasteiger partial charge in [-0.3, -0.25) is 40.8 Å². The molecule has 4 aliphatic rings. The quantitative estimate of drug-likeness (QED) is 0.0930. The van der Waals surface area contributed by atoms with Crippen LogP contribution < -0.4 is 10.6 Å². The first-order chi connectivity index (χ1) is 19.0. The van der Waals surface area contributed by atoms with E-state index in [2.05, 4.69) is 10.6 Å². The van der Waals surface area contributed by atoms with Gasteiger partial charge in [-0.25, -0.2) is 10.1 Å². The predicted molar refractivity (Wildman–Crippen MR) is 155 cm³/mol. The molecule has 0 aliphatic heterocycles. The molecule has 2 amide bonds. The van der Waals surface area contributed by atoms with Crippen molar-refractivity contribution in [2.45, 2.75) is 38.5 Å². The second-order valence-electron chi connectivity index (χ2n) is 12.7. The summed E-state index contributed by atoms with van der Waals surface area (Å²) in [7, 11) is -4.45. The lowest BCUT2D eigenvalue weighted by molar-refractivity contribution is -0.384. The molecule has 5 rings (SSSR count). The first kappa shape index (κ1) is 33.4. The Hall–Kier alpha value is -2.14. The van der Waals surface area contributed by atoms with Crippen LogP contribution in [0.15, 0.2) is 24.3 Å². The van der Waals surface area contributed by atoms with Crippen LogP contribution in [0.4, 0.5) is 5.69 Å². The fourth-order valence-corrected chi connectivity index (χ4v) is 7.79. The molecule has 41 heavy (non-hydrogen) atoms. The molecule has 1 aromatic rings. The summed E-state index contributed by atoms with van der Waals surface area (Å²) in [6, 6.07) is 4.88. The van der Waals surface area contributed by atoms with Gasteiger partial charge in [0.1, 0.15) is 0 Å². The highest BCUT2D eigenvalue weighted by molar-refractivity contribution is 7.62. The molecule has 0 saturated heterocycles. The second kappa shape index (κ2) is 13.4. The van der Waals surface area contributed by atoms with Gasteiger partial charge in [0.15, 0.2) is 0 Å². The first-order valence-electron chi connectivity index (χ1n) is 13.7. The molecule has 0 heterocycles. The maximum absolute atomic E-state index is 12.7. The number of rotatable bonds is 11. The van der Waals surface area contributed by atoms with Crippen LogP contribution in [-0.2, 0) is 13.9 Å². The Morgan fingerprint density at radius 1 is 0.878 bits per heavy atom. The van der Waals surface area contributed by atoms with Crippen molar-refractivity contribution in [1.82, 2.24) is 20.8 Å². The van der Waals surface area contributed by atoms with Gasteiger partial charge >= 0.3 is 0 Å².